The van der Waals surface area contributed by atoms with E-state index in [1.807, 2.05) is 30.0 Å². The minimum Gasteiger partial charge on any atom is -0.335 e. The van der Waals surface area contributed by atoms with E-state index in [2.05, 4.69) is 24.0 Å². The number of hydrogen-bond acceptors (Lipinski definition) is 4. The third-order valence-electron chi connectivity index (χ3n) is 5.48. The van der Waals surface area contributed by atoms with Gasteiger partial charge in [-0.2, -0.15) is 0 Å². The van der Waals surface area contributed by atoms with Crippen molar-refractivity contribution in [1.82, 2.24) is 9.80 Å². The van der Waals surface area contributed by atoms with E-state index >= 15 is 0 Å². The summed E-state index contributed by atoms with van der Waals surface area (Å²) in [4.78, 5) is 17.2. The number of carbonyl (C=O) groups is 1. The standard InChI is InChI=1S/C21H27N3O3S/c1-3-24(21(25)18-10-7-11-20(14-18)28(22,26)27)19-12-13-23(15-19)16(2)17-8-5-4-6-9-17/h4-11,14,16,19H,3,12-13,15H2,1-2H3,(H2,22,26,27)/t16-,19-/m1/s1. The number of carbonyl (C=O) groups excluding carboxylic acids is 1. The van der Waals surface area contributed by atoms with Crippen molar-refractivity contribution in [3.8, 4) is 0 Å². The van der Waals surface area contributed by atoms with E-state index in [4.69, 9.17) is 5.14 Å². The Balaban J connectivity index is 1.74. The number of amides is 1. The van der Waals surface area contributed by atoms with Gasteiger partial charge in [0.15, 0.2) is 0 Å². The molecule has 2 aromatic carbocycles. The van der Waals surface area contributed by atoms with Gasteiger partial charge in [0.2, 0.25) is 10.0 Å². The normalized spacial score (nSPS) is 18.8. The number of benzene rings is 2. The van der Waals surface area contributed by atoms with Crippen molar-refractivity contribution in [3.63, 3.8) is 0 Å². The molecule has 0 aliphatic carbocycles. The van der Waals surface area contributed by atoms with Crippen molar-refractivity contribution in [2.75, 3.05) is 19.6 Å². The Morgan fingerprint density at radius 1 is 1.21 bits per heavy atom. The summed E-state index contributed by atoms with van der Waals surface area (Å²) < 4.78 is 23.2. The zero-order valence-electron chi connectivity index (χ0n) is 16.3. The topological polar surface area (TPSA) is 83.7 Å². The molecule has 1 amide bonds. The van der Waals surface area contributed by atoms with Gasteiger partial charge in [0, 0.05) is 37.3 Å². The third kappa shape index (κ3) is 4.43. The molecule has 0 radical (unpaired) electrons. The average molecular weight is 402 g/mol. The fourth-order valence-electron chi connectivity index (χ4n) is 3.86. The number of nitrogens with zero attached hydrogens (tertiary/aromatic N) is 2. The quantitative estimate of drug-likeness (QED) is 0.806. The first kappa shape index (κ1) is 20.5. The van der Waals surface area contributed by atoms with Crippen LogP contribution in [-0.4, -0.2) is 49.8 Å². The third-order valence-corrected chi connectivity index (χ3v) is 6.39. The van der Waals surface area contributed by atoms with Crippen LogP contribution >= 0.6 is 0 Å². The van der Waals surface area contributed by atoms with Gasteiger partial charge in [-0.25, -0.2) is 13.6 Å². The molecule has 1 saturated heterocycles. The number of primary sulfonamides is 1. The van der Waals surface area contributed by atoms with Crippen LogP contribution < -0.4 is 5.14 Å². The molecule has 0 bridgehead atoms. The first-order chi connectivity index (χ1) is 13.3. The van der Waals surface area contributed by atoms with Gasteiger partial charge in [0.05, 0.1) is 4.90 Å². The summed E-state index contributed by atoms with van der Waals surface area (Å²) >= 11 is 0. The van der Waals surface area contributed by atoms with E-state index in [-0.39, 0.29) is 22.9 Å². The van der Waals surface area contributed by atoms with E-state index in [0.717, 1.165) is 19.5 Å². The van der Waals surface area contributed by atoms with Gasteiger partial charge in [-0.3, -0.25) is 9.69 Å². The monoisotopic (exact) mass is 401 g/mol. The Kier molecular flexibility index (Phi) is 6.17. The van der Waals surface area contributed by atoms with Gasteiger partial charge in [-0.05, 0) is 44.0 Å². The first-order valence-corrected chi connectivity index (χ1v) is 11.1. The van der Waals surface area contributed by atoms with Gasteiger partial charge >= 0.3 is 0 Å². The predicted molar refractivity (Wildman–Crippen MR) is 109 cm³/mol. The summed E-state index contributed by atoms with van der Waals surface area (Å²) in [5.41, 5.74) is 1.61. The van der Waals surface area contributed by atoms with Crippen molar-refractivity contribution in [1.29, 1.82) is 0 Å². The first-order valence-electron chi connectivity index (χ1n) is 9.54. The molecule has 2 N–H and O–H groups in total. The molecule has 3 rings (SSSR count). The molecular weight excluding hydrogens is 374 g/mol. The van der Waals surface area contributed by atoms with Gasteiger partial charge < -0.3 is 4.90 Å². The molecule has 0 aromatic heterocycles. The van der Waals surface area contributed by atoms with Gasteiger partial charge in [0.25, 0.3) is 5.91 Å². The molecule has 2 aromatic rings. The predicted octanol–water partition coefficient (Wildman–Crippen LogP) is 2.63. The maximum absolute atomic E-state index is 13.1. The van der Waals surface area contributed by atoms with Crippen LogP contribution in [0.25, 0.3) is 0 Å². The number of likely N-dealkylation sites (tertiary alicyclic amines) is 1. The van der Waals surface area contributed by atoms with Crippen molar-refractivity contribution >= 4 is 15.9 Å². The minimum absolute atomic E-state index is 0.0415. The van der Waals surface area contributed by atoms with Crippen molar-refractivity contribution < 1.29 is 13.2 Å². The van der Waals surface area contributed by atoms with Crippen LogP contribution in [0.1, 0.15) is 42.2 Å². The van der Waals surface area contributed by atoms with Crippen LogP contribution in [0.4, 0.5) is 0 Å². The van der Waals surface area contributed by atoms with Gasteiger partial charge in [-0.15, -0.1) is 0 Å². The van der Waals surface area contributed by atoms with E-state index in [1.54, 1.807) is 12.1 Å². The summed E-state index contributed by atoms with van der Waals surface area (Å²) in [5.74, 6) is -0.160. The summed E-state index contributed by atoms with van der Waals surface area (Å²) in [6.07, 6.45) is 0.894. The molecule has 1 fully saturated rings. The number of likely N-dealkylation sites (N-methyl/N-ethyl adjacent to an activating group) is 1. The number of sulfonamides is 1. The Hall–Kier alpha value is -2.22. The van der Waals surface area contributed by atoms with Crippen molar-refractivity contribution in [2.24, 2.45) is 5.14 Å². The Morgan fingerprint density at radius 3 is 2.57 bits per heavy atom. The van der Waals surface area contributed by atoms with Crippen LogP contribution in [0.2, 0.25) is 0 Å². The summed E-state index contributed by atoms with van der Waals surface area (Å²) in [7, 11) is -3.84. The molecule has 1 heterocycles. The van der Waals surface area contributed by atoms with E-state index in [0.29, 0.717) is 12.1 Å². The van der Waals surface area contributed by atoms with Crippen LogP contribution in [0.3, 0.4) is 0 Å². The molecule has 28 heavy (non-hydrogen) atoms. The van der Waals surface area contributed by atoms with E-state index < -0.39 is 10.0 Å². The second kappa shape index (κ2) is 8.43. The molecule has 0 saturated carbocycles. The molecule has 0 spiro atoms. The van der Waals surface area contributed by atoms with Crippen LogP contribution in [-0.2, 0) is 10.0 Å². The van der Waals surface area contributed by atoms with Gasteiger partial charge in [-0.1, -0.05) is 36.4 Å². The second-order valence-corrected chi connectivity index (χ2v) is 8.75. The number of nitrogens with two attached hydrogens (primary N) is 1. The summed E-state index contributed by atoms with van der Waals surface area (Å²) in [5, 5.41) is 5.20. The molecular formula is C21H27N3O3S. The minimum atomic E-state index is -3.84. The fraction of sp³-hybridized carbons (Fsp3) is 0.381. The molecule has 150 valence electrons. The number of hydrogen-bond donors (Lipinski definition) is 1. The summed E-state index contributed by atoms with van der Waals surface area (Å²) in [6, 6.07) is 16.7. The lowest BCUT2D eigenvalue weighted by Crippen LogP contribution is -2.42. The highest BCUT2D eigenvalue weighted by Gasteiger charge is 2.32. The Bertz CT molecular complexity index is 931. The number of rotatable bonds is 6. The van der Waals surface area contributed by atoms with Crippen LogP contribution in [0, 0.1) is 0 Å². The maximum Gasteiger partial charge on any atom is 0.254 e. The molecule has 6 nitrogen and oxygen atoms in total. The molecule has 1 aliphatic heterocycles. The zero-order chi connectivity index (χ0) is 20.3. The highest BCUT2D eigenvalue weighted by atomic mass is 32.2. The molecule has 2 atom stereocenters. The van der Waals surface area contributed by atoms with Gasteiger partial charge in [0.1, 0.15) is 0 Å². The SMILES string of the molecule is CCN(C(=O)c1cccc(S(N)(=O)=O)c1)[C@@H]1CCN([C@H](C)c2ccccc2)C1. The Morgan fingerprint density at radius 2 is 1.93 bits per heavy atom. The molecule has 0 unspecified atom stereocenters. The highest BCUT2D eigenvalue weighted by Crippen LogP contribution is 2.27. The lowest BCUT2D eigenvalue weighted by Gasteiger charge is -2.30. The van der Waals surface area contributed by atoms with Crippen LogP contribution in [0.5, 0.6) is 0 Å². The largest absolute Gasteiger partial charge is 0.335 e. The van der Waals surface area contributed by atoms with Crippen molar-refractivity contribution in [2.45, 2.75) is 37.2 Å². The molecule has 1 aliphatic rings. The van der Waals surface area contributed by atoms with Crippen LogP contribution in [0.15, 0.2) is 59.5 Å². The highest BCUT2D eigenvalue weighted by molar-refractivity contribution is 7.89. The summed E-state index contributed by atoms with van der Waals surface area (Å²) in [6.45, 7) is 6.42. The second-order valence-electron chi connectivity index (χ2n) is 7.19. The smallest absolute Gasteiger partial charge is 0.254 e. The average Bonchev–Trinajstić information content (AvgIpc) is 3.18. The fourth-order valence-corrected chi connectivity index (χ4v) is 4.42. The van der Waals surface area contributed by atoms with Crippen molar-refractivity contribution in [3.05, 3.63) is 65.7 Å². The molecule has 7 heteroatoms. The Labute approximate surface area is 167 Å². The maximum atomic E-state index is 13.1. The lowest BCUT2D eigenvalue weighted by molar-refractivity contribution is 0.0689. The van der Waals surface area contributed by atoms with E-state index in [1.165, 1.54) is 17.7 Å². The van der Waals surface area contributed by atoms with E-state index in [9.17, 15) is 13.2 Å². The lowest BCUT2D eigenvalue weighted by atomic mass is 10.1. The zero-order valence-corrected chi connectivity index (χ0v) is 17.1.